The molecule has 2 amide bonds. The third-order valence-corrected chi connectivity index (χ3v) is 2.07. The molecule has 1 aromatic heterocycles. The fourth-order valence-corrected chi connectivity index (χ4v) is 1.17. The van der Waals surface area contributed by atoms with E-state index in [1.54, 1.807) is 5.32 Å². The van der Waals surface area contributed by atoms with Crippen molar-refractivity contribution in [3.63, 3.8) is 0 Å². The van der Waals surface area contributed by atoms with Crippen molar-refractivity contribution in [2.45, 2.75) is 6.18 Å². The van der Waals surface area contributed by atoms with Crippen molar-refractivity contribution in [2.24, 2.45) is 5.73 Å². The molecule has 0 spiro atoms. The van der Waals surface area contributed by atoms with Gasteiger partial charge in [-0.3, -0.25) is 10.1 Å². The van der Waals surface area contributed by atoms with Crippen LogP contribution in [0.25, 0.3) is 0 Å². The second kappa shape index (κ2) is 7.40. The number of rotatable bonds is 5. The average molecular weight is 337 g/mol. The summed E-state index contributed by atoms with van der Waals surface area (Å²) in [6, 6.07) is 0.689. The fourth-order valence-electron chi connectivity index (χ4n) is 1.17. The number of ether oxygens (including phenoxy) is 2. The monoisotopic (exact) mass is 337 g/mol. The van der Waals surface area contributed by atoms with Crippen LogP contribution >= 0.6 is 0 Å². The highest BCUT2D eigenvalue weighted by atomic mass is 19.4. The normalized spacial score (nSPS) is 10.8. The van der Waals surface area contributed by atoms with Crippen molar-refractivity contribution in [1.29, 1.82) is 0 Å². The average Bonchev–Trinajstić information content (AvgIpc) is 2.44. The molecule has 0 radical (unpaired) electrons. The lowest BCUT2D eigenvalue weighted by molar-refractivity contribution is -0.153. The van der Waals surface area contributed by atoms with E-state index < -0.39 is 54.5 Å². The number of hydrogen-bond donors (Lipinski definition) is 3. The van der Waals surface area contributed by atoms with Crippen molar-refractivity contribution in [1.82, 2.24) is 10.3 Å². The van der Waals surface area contributed by atoms with Crippen LogP contribution in [-0.2, 0) is 4.79 Å². The lowest BCUT2D eigenvalue weighted by Crippen LogP contribution is -2.37. The lowest BCUT2D eigenvalue weighted by atomic mass is 10.3. The molecule has 1 aromatic rings. The first-order valence-corrected chi connectivity index (χ1v) is 5.77. The summed E-state index contributed by atoms with van der Waals surface area (Å²) in [6.45, 7) is -2.30. The van der Waals surface area contributed by atoms with Gasteiger partial charge in [0.2, 0.25) is 5.91 Å². The molecular formula is C11H10F3N3O6. The van der Waals surface area contributed by atoms with Crippen LogP contribution in [0.3, 0.4) is 0 Å². The second-order valence-corrected chi connectivity index (χ2v) is 3.88. The first kappa shape index (κ1) is 18.2. The molecule has 126 valence electrons. The number of carbonyl (C=O) groups excluding carboxylic acids is 2. The molecule has 4 N–H and O–H groups in total. The van der Waals surface area contributed by atoms with Crippen LogP contribution in [0.4, 0.5) is 18.0 Å². The number of nitrogens with two attached hydrogens (primary N) is 1. The van der Waals surface area contributed by atoms with E-state index in [4.69, 9.17) is 10.8 Å². The summed E-state index contributed by atoms with van der Waals surface area (Å²) in [7, 11) is 0. The van der Waals surface area contributed by atoms with Crippen molar-refractivity contribution in [3.8, 4) is 11.6 Å². The molecule has 0 saturated heterocycles. The van der Waals surface area contributed by atoms with Gasteiger partial charge in [0.05, 0.1) is 12.1 Å². The Hall–Kier alpha value is -2.89. The van der Waals surface area contributed by atoms with Crippen LogP contribution in [-0.4, -0.2) is 47.4 Å². The number of aromatic carboxylic acids is 1. The van der Waals surface area contributed by atoms with E-state index in [9.17, 15) is 27.6 Å². The minimum Gasteiger partial charge on any atom is -0.478 e. The maximum atomic E-state index is 12.2. The van der Waals surface area contributed by atoms with Crippen LogP contribution in [0.1, 0.15) is 10.4 Å². The molecule has 23 heavy (non-hydrogen) atoms. The van der Waals surface area contributed by atoms with Crippen molar-refractivity contribution >= 4 is 18.0 Å². The molecular weight excluding hydrogens is 327 g/mol. The van der Waals surface area contributed by atoms with Gasteiger partial charge < -0.3 is 20.3 Å². The van der Waals surface area contributed by atoms with Gasteiger partial charge in [-0.15, -0.1) is 0 Å². The third kappa shape index (κ3) is 6.17. The summed E-state index contributed by atoms with van der Waals surface area (Å²) < 4.78 is 45.4. The van der Waals surface area contributed by atoms with Gasteiger partial charge in [-0.25, -0.2) is 14.6 Å². The first-order chi connectivity index (χ1) is 10.6. The zero-order valence-electron chi connectivity index (χ0n) is 11.2. The smallest absolute Gasteiger partial charge is 0.422 e. The first-order valence-electron chi connectivity index (χ1n) is 5.77. The van der Waals surface area contributed by atoms with Crippen LogP contribution in [0, 0.1) is 0 Å². The number of nitrogens with zero attached hydrogens (tertiary/aromatic N) is 1. The number of hydrogen-bond acceptors (Lipinski definition) is 7. The highest BCUT2D eigenvalue weighted by Crippen LogP contribution is 2.28. The van der Waals surface area contributed by atoms with E-state index >= 15 is 0 Å². The van der Waals surface area contributed by atoms with Gasteiger partial charge in [-0.05, 0) is 0 Å². The molecule has 0 aliphatic heterocycles. The summed E-state index contributed by atoms with van der Waals surface area (Å²) in [6.07, 6.45) is -5.35. The summed E-state index contributed by atoms with van der Waals surface area (Å²) in [5, 5.41) is 10.4. The SMILES string of the molecule is NCC(=O)NC(=O)Oc1ncc(C(=O)O)cc1OCC(F)(F)F. The molecule has 0 atom stereocenters. The number of halogens is 3. The summed E-state index contributed by atoms with van der Waals surface area (Å²) in [4.78, 5) is 36.3. The number of carbonyl (C=O) groups is 3. The van der Waals surface area contributed by atoms with Crippen LogP contribution in [0.5, 0.6) is 11.6 Å². The Morgan fingerprint density at radius 3 is 2.52 bits per heavy atom. The van der Waals surface area contributed by atoms with Crippen molar-refractivity contribution in [2.75, 3.05) is 13.2 Å². The Balaban J connectivity index is 2.98. The van der Waals surface area contributed by atoms with Gasteiger partial charge in [0.25, 0.3) is 5.88 Å². The number of nitrogens with one attached hydrogen (secondary N) is 1. The van der Waals surface area contributed by atoms with E-state index in [1.165, 1.54) is 0 Å². The molecule has 12 heteroatoms. The Kier molecular flexibility index (Phi) is 5.84. The lowest BCUT2D eigenvalue weighted by Gasteiger charge is -2.12. The Morgan fingerprint density at radius 1 is 1.35 bits per heavy atom. The standard InChI is InChI=1S/C11H10F3N3O6/c12-11(13,14)4-22-6-1-5(9(19)20)3-16-8(6)23-10(21)17-7(18)2-15/h1,3H,2,4,15H2,(H,19,20)(H,17,18,21). The van der Waals surface area contributed by atoms with Gasteiger partial charge in [0.1, 0.15) is 0 Å². The zero-order valence-corrected chi connectivity index (χ0v) is 11.2. The number of alkyl halides is 3. The highest BCUT2D eigenvalue weighted by molar-refractivity contribution is 5.93. The number of amides is 2. The van der Waals surface area contributed by atoms with E-state index in [1.807, 2.05) is 0 Å². The van der Waals surface area contributed by atoms with Crippen molar-refractivity contribution in [3.05, 3.63) is 17.8 Å². The molecule has 0 aliphatic rings. The summed E-state index contributed by atoms with van der Waals surface area (Å²) in [5.74, 6) is -3.88. The summed E-state index contributed by atoms with van der Waals surface area (Å²) in [5.41, 5.74) is 4.45. The Bertz CT molecular complexity index is 620. The van der Waals surface area contributed by atoms with E-state index in [2.05, 4.69) is 14.5 Å². The van der Waals surface area contributed by atoms with E-state index in [0.29, 0.717) is 6.07 Å². The van der Waals surface area contributed by atoms with E-state index in [0.717, 1.165) is 6.20 Å². The van der Waals surface area contributed by atoms with E-state index in [-0.39, 0.29) is 0 Å². The second-order valence-electron chi connectivity index (χ2n) is 3.88. The fraction of sp³-hybridized carbons (Fsp3) is 0.273. The number of imide groups is 1. The van der Waals surface area contributed by atoms with Gasteiger partial charge >= 0.3 is 18.2 Å². The molecule has 0 unspecified atom stereocenters. The minimum absolute atomic E-state index is 0.493. The van der Waals surface area contributed by atoms with Crippen molar-refractivity contribution < 1.29 is 42.1 Å². The summed E-state index contributed by atoms with van der Waals surface area (Å²) >= 11 is 0. The molecule has 1 heterocycles. The molecule has 0 saturated carbocycles. The maximum absolute atomic E-state index is 12.2. The Morgan fingerprint density at radius 2 is 2.00 bits per heavy atom. The predicted octanol–water partition coefficient (Wildman–Crippen LogP) is 0.295. The van der Waals surface area contributed by atoms with Gasteiger partial charge in [0, 0.05) is 12.3 Å². The molecule has 0 aromatic carbocycles. The van der Waals surface area contributed by atoms with Gasteiger partial charge in [0.15, 0.2) is 12.4 Å². The minimum atomic E-state index is -4.71. The molecule has 0 bridgehead atoms. The van der Waals surface area contributed by atoms with Crippen LogP contribution in [0.15, 0.2) is 12.3 Å². The largest absolute Gasteiger partial charge is 0.478 e. The molecule has 1 rings (SSSR count). The number of carboxylic acid groups (broad SMARTS) is 1. The van der Waals surface area contributed by atoms with Gasteiger partial charge in [-0.2, -0.15) is 13.2 Å². The molecule has 9 nitrogen and oxygen atoms in total. The Labute approximate surface area is 126 Å². The highest BCUT2D eigenvalue weighted by Gasteiger charge is 2.29. The molecule has 0 aliphatic carbocycles. The predicted molar refractivity (Wildman–Crippen MR) is 66.0 cm³/mol. The van der Waals surface area contributed by atoms with Crippen LogP contribution in [0.2, 0.25) is 0 Å². The van der Waals surface area contributed by atoms with Crippen LogP contribution < -0.4 is 20.5 Å². The molecule has 0 fully saturated rings. The topological polar surface area (TPSA) is 141 Å². The number of carboxylic acids is 1. The third-order valence-electron chi connectivity index (χ3n) is 2.07. The quantitative estimate of drug-likeness (QED) is 0.696. The zero-order chi connectivity index (χ0) is 17.6. The maximum Gasteiger partial charge on any atom is 0.422 e. The number of aromatic nitrogens is 1. The number of pyridine rings is 1. The van der Waals surface area contributed by atoms with Gasteiger partial charge in [-0.1, -0.05) is 0 Å².